The van der Waals surface area contributed by atoms with Crippen LogP contribution in [0.3, 0.4) is 0 Å². The average molecular weight is 162 g/mol. The van der Waals surface area contributed by atoms with Crippen LogP contribution < -0.4 is 0 Å². The topological polar surface area (TPSA) is 20.3 Å². The van der Waals surface area contributed by atoms with E-state index < -0.39 is 0 Å². The zero-order valence-electron chi connectivity index (χ0n) is 5.88. The second-order valence-electron chi connectivity index (χ2n) is 2.23. The van der Waals surface area contributed by atoms with Crippen molar-refractivity contribution in [3.05, 3.63) is 12.7 Å². The van der Waals surface area contributed by atoms with Crippen LogP contribution in [0.25, 0.3) is 0 Å². The Morgan fingerprint density at radius 2 is 2.40 bits per heavy atom. The molecule has 0 saturated carbocycles. The summed E-state index contributed by atoms with van der Waals surface area (Å²) in [6, 6.07) is 0. The Hall–Kier alpha value is -0.500. The predicted molar refractivity (Wildman–Crippen MR) is 43.3 cm³/mol. The average Bonchev–Trinajstić information content (AvgIpc) is 2.18. The lowest BCUT2D eigenvalue weighted by Crippen LogP contribution is -2.24. The lowest BCUT2D eigenvalue weighted by molar-refractivity contribution is -0.127. The van der Waals surface area contributed by atoms with Gasteiger partial charge in [0, 0.05) is 19.5 Å². The van der Waals surface area contributed by atoms with E-state index >= 15 is 0 Å². The van der Waals surface area contributed by atoms with Crippen molar-refractivity contribution in [3.63, 3.8) is 0 Å². The van der Waals surface area contributed by atoms with Crippen LogP contribution in [0.4, 0.5) is 0 Å². The first kappa shape index (κ1) is 9.50. The van der Waals surface area contributed by atoms with Gasteiger partial charge in [-0.25, -0.2) is 0 Å². The Morgan fingerprint density at radius 1 is 1.70 bits per heavy atom. The number of rotatable bonds is 2. The van der Waals surface area contributed by atoms with Gasteiger partial charge >= 0.3 is 0 Å². The molecule has 3 heteroatoms. The molecule has 0 radical (unpaired) electrons. The van der Waals surface area contributed by atoms with E-state index in [9.17, 15) is 4.79 Å². The third kappa shape index (κ3) is 2.03. The molecular formula is C7H12ClNO. The molecule has 0 bridgehead atoms. The highest BCUT2D eigenvalue weighted by Gasteiger charge is 2.17. The molecule has 1 saturated heterocycles. The van der Waals surface area contributed by atoms with Crippen LogP contribution in [0.15, 0.2) is 12.7 Å². The van der Waals surface area contributed by atoms with E-state index in [1.807, 2.05) is 4.90 Å². The summed E-state index contributed by atoms with van der Waals surface area (Å²) in [4.78, 5) is 12.7. The quantitative estimate of drug-likeness (QED) is 0.558. The fraction of sp³-hybridized carbons (Fsp3) is 0.571. The smallest absolute Gasteiger partial charge is 0.222 e. The number of hydrogen-bond donors (Lipinski definition) is 0. The van der Waals surface area contributed by atoms with E-state index in [0.717, 1.165) is 25.9 Å². The summed E-state index contributed by atoms with van der Waals surface area (Å²) in [5, 5.41) is 0. The van der Waals surface area contributed by atoms with Gasteiger partial charge in [-0.15, -0.1) is 19.0 Å². The second-order valence-corrected chi connectivity index (χ2v) is 2.23. The van der Waals surface area contributed by atoms with Crippen molar-refractivity contribution in [2.75, 3.05) is 13.1 Å². The zero-order chi connectivity index (χ0) is 6.69. The van der Waals surface area contributed by atoms with Crippen molar-refractivity contribution < 1.29 is 4.79 Å². The molecule has 58 valence electrons. The maximum absolute atomic E-state index is 10.8. The van der Waals surface area contributed by atoms with E-state index in [1.54, 1.807) is 6.08 Å². The summed E-state index contributed by atoms with van der Waals surface area (Å²) in [6.45, 7) is 5.21. The van der Waals surface area contributed by atoms with Gasteiger partial charge in [-0.1, -0.05) is 6.08 Å². The Morgan fingerprint density at radius 3 is 2.80 bits per heavy atom. The monoisotopic (exact) mass is 161 g/mol. The molecule has 1 aliphatic rings. The van der Waals surface area contributed by atoms with Crippen molar-refractivity contribution in [1.29, 1.82) is 0 Å². The minimum absolute atomic E-state index is 0. The number of carbonyl (C=O) groups is 1. The highest BCUT2D eigenvalue weighted by atomic mass is 35.5. The van der Waals surface area contributed by atoms with Crippen LogP contribution in [-0.4, -0.2) is 23.9 Å². The molecule has 0 unspecified atom stereocenters. The molecule has 2 nitrogen and oxygen atoms in total. The van der Waals surface area contributed by atoms with Crippen molar-refractivity contribution in [1.82, 2.24) is 4.90 Å². The van der Waals surface area contributed by atoms with Crippen LogP contribution in [0, 0.1) is 0 Å². The SMILES string of the molecule is C=CCN1CCCC1=O.Cl. The van der Waals surface area contributed by atoms with Crippen LogP contribution in [0.5, 0.6) is 0 Å². The summed E-state index contributed by atoms with van der Waals surface area (Å²) in [6.07, 6.45) is 3.52. The fourth-order valence-electron chi connectivity index (χ4n) is 1.05. The van der Waals surface area contributed by atoms with E-state index in [1.165, 1.54) is 0 Å². The van der Waals surface area contributed by atoms with Crippen molar-refractivity contribution in [2.45, 2.75) is 12.8 Å². The number of hydrogen-bond acceptors (Lipinski definition) is 1. The molecule has 1 heterocycles. The van der Waals surface area contributed by atoms with Crippen LogP contribution >= 0.6 is 12.4 Å². The van der Waals surface area contributed by atoms with Crippen molar-refractivity contribution in [3.8, 4) is 0 Å². The van der Waals surface area contributed by atoms with Crippen molar-refractivity contribution in [2.24, 2.45) is 0 Å². The van der Waals surface area contributed by atoms with E-state index in [2.05, 4.69) is 6.58 Å². The molecule has 1 aliphatic heterocycles. The summed E-state index contributed by atoms with van der Waals surface area (Å²) in [7, 11) is 0. The fourth-order valence-corrected chi connectivity index (χ4v) is 1.05. The summed E-state index contributed by atoms with van der Waals surface area (Å²) >= 11 is 0. The second kappa shape index (κ2) is 4.34. The van der Waals surface area contributed by atoms with Gasteiger partial charge in [-0.2, -0.15) is 0 Å². The number of halogens is 1. The molecule has 0 N–H and O–H groups in total. The first-order valence-electron chi connectivity index (χ1n) is 3.23. The van der Waals surface area contributed by atoms with Crippen LogP contribution in [0.2, 0.25) is 0 Å². The molecule has 0 atom stereocenters. The van der Waals surface area contributed by atoms with Gasteiger partial charge in [0.15, 0.2) is 0 Å². The minimum atomic E-state index is 0. The number of carbonyl (C=O) groups excluding carboxylic acids is 1. The Bertz CT molecular complexity index is 136. The molecule has 0 aromatic rings. The normalized spacial score (nSPS) is 16.8. The van der Waals surface area contributed by atoms with E-state index in [0.29, 0.717) is 0 Å². The van der Waals surface area contributed by atoms with Gasteiger partial charge in [0.2, 0.25) is 5.91 Å². The van der Waals surface area contributed by atoms with E-state index in [4.69, 9.17) is 0 Å². The highest BCUT2D eigenvalue weighted by Crippen LogP contribution is 2.07. The standard InChI is InChI=1S/C7H11NO.ClH/c1-2-5-8-6-3-4-7(8)9;/h2H,1,3-6H2;1H. The van der Waals surface area contributed by atoms with Gasteiger partial charge in [0.25, 0.3) is 0 Å². The molecule has 1 amide bonds. The summed E-state index contributed by atoms with van der Waals surface area (Å²) in [5.41, 5.74) is 0. The Balaban J connectivity index is 0.000000810. The zero-order valence-corrected chi connectivity index (χ0v) is 6.69. The number of amides is 1. The largest absolute Gasteiger partial charge is 0.339 e. The van der Waals surface area contributed by atoms with Gasteiger partial charge in [-0.3, -0.25) is 4.79 Å². The third-order valence-electron chi connectivity index (χ3n) is 1.52. The molecule has 1 fully saturated rings. The number of nitrogens with zero attached hydrogens (tertiary/aromatic N) is 1. The molecule has 1 rings (SSSR count). The Labute approximate surface area is 67.3 Å². The van der Waals surface area contributed by atoms with Gasteiger partial charge < -0.3 is 4.90 Å². The number of likely N-dealkylation sites (tertiary alicyclic amines) is 1. The molecule has 10 heavy (non-hydrogen) atoms. The highest BCUT2D eigenvalue weighted by molar-refractivity contribution is 5.85. The van der Waals surface area contributed by atoms with Crippen LogP contribution in [-0.2, 0) is 4.79 Å². The lowest BCUT2D eigenvalue weighted by atomic mass is 10.4. The van der Waals surface area contributed by atoms with Gasteiger partial charge in [0.05, 0.1) is 0 Å². The predicted octanol–water partition coefficient (Wildman–Crippen LogP) is 1.22. The van der Waals surface area contributed by atoms with Crippen molar-refractivity contribution >= 4 is 18.3 Å². The van der Waals surface area contributed by atoms with Gasteiger partial charge in [0.1, 0.15) is 0 Å². The first-order chi connectivity index (χ1) is 4.34. The molecule has 0 aromatic heterocycles. The summed E-state index contributed by atoms with van der Waals surface area (Å²) < 4.78 is 0. The molecule has 0 aliphatic carbocycles. The lowest BCUT2D eigenvalue weighted by Gasteiger charge is -2.10. The first-order valence-corrected chi connectivity index (χ1v) is 3.23. The van der Waals surface area contributed by atoms with Crippen LogP contribution in [0.1, 0.15) is 12.8 Å². The third-order valence-corrected chi connectivity index (χ3v) is 1.52. The minimum Gasteiger partial charge on any atom is -0.339 e. The Kier molecular flexibility index (Phi) is 4.12. The maximum atomic E-state index is 10.8. The molecular weight excluding hydrogens is 150 g/mol. The summed E-state index contributed by atoms with van der Waals surface area (Å²) in [5.74, 6) is 0.273. The molecule has 0 spiro atoms. The maximum Gasteiger partial charge on any atom is 0.222 e. The van der Waals surface area contributed by atoms with E-state index in [-0.39, 0.29) is 18.3 Å². The molecule has 0 aromatic carbocycles. The van der Waals surface area contributed by atoms with Gasteiger partial charge in [-0.05, 0) is 6.42 Å².